The molecular weight excluding hydrogens is 236 g/mol. The van der Waals surface area contributed by atoms with Gasteiger partial charge < -0.3 is 4.74 Å². The number of unbranched alkanes of at least 4 members (excludes halogenated alkanes) is 1. The molecule has 2 rings (SSSR count). The number of benzene rings is 1. The van der Waals surface area contributed by atoms with Gasteiger partial charge in [0, 0.05) is 5.56 Å². The van der Waals surface area contributed by atoms with Gasteiger partial charge in [0.1, 0.15) is 12.0 Å². The molecule has 0 heterocycles. The van der Waals surface area contributed by atoms with Crippen LogP contribution >= 0.6 is 0 Å². The molecule has 0 spiro atoms. The molecule has 0 unspecified atom stereocenters. The summed E-state index contributed by atoms with van der Waals surface area (Å²) in [6, 6.07) is 7.32. The van der Waals surface area contributed by atoms with Crippen molar-refractivity contribution in [1.29, 1.82) is 0 Å². The van der Waals surface area contributed by atoms with E-state index in [1.165, 1.54) is 44.9 Å². The molecule has 1 fully saturated rings. The normalized spacial score (nSPS) is 16.2. The molecule has 104 valence electrons. The molecule has 1 aromatic carbocycles. The minimum absolute atomic E-state index is 0.699. The van der Waals surface area contributed by atoms with Crippen LogP contribution < -0.4 is 4.74 Å². The number of aldehydes is 1. The minimum Gasteiger partial charge on any atom is -0.494 e. The van der Waals surface area contributed by atoms with Gasteiger partial charge in [-0.25, -0.2) is 0 Å². The van der Waals surface area contributed by atoms with E-state index >= 15 is 0 Å². The van der Waals surface area contributed by atoms with Crippen LogP contribution in [0.5, 0.6) is 5.75 Å². The lowest BCUT2D eigenvalue weighted by molar-refractivity contribution is 0.112. The molecule has 1 aliphatic rings. The first-order chi connectivity index (χ1) is 9.38. The lowest BCUT2D eigenvalue weighted by Crippen LogP contribution is -2.06. The molecular formula is C17H24O2. The van der Waals surface area contributed by atoms with Crippen LogP contribution in [0.3, 0.4) is 0 Å². The number of carbonyl (C=O) groups excluding carboxylic acids is 1. The van der Waals surface area contributed by atoms with Crippen molar-refractivity contribution in [3.05, 3.63) is 29.8 Å². The van der Waals surface area contributed by atoms with Crippen LogP contribution in [0, 0.1) is 5.92 Å². The Bertz CT molecular complexity index is 363. The second-order valence-electron chi connectivity index (χ2n) is 5.54. The maximum atomic E-state index is 10.5. The van der Waals surface area contributed by atoms with E-state index in [4.69, 9.17) is 4.74 Å². The topological polar surface area (TPSA) is 26.3 Å². The highest BCUT2D eigenvalue weighted by Crippen LogP contribution is 2.27. The molecule has 0 radical (unpaired) electrons. The van der Waals surface area contributed by atoms with Gasteiger partial charge in [0.05, 0.1) is 6.61 Å². The third kappa shape index (κ3) is 5.06. The standard InChI is InChI=1S/C17H24O2/c18-14-16-9-11-17(12-10-16)19-13-5-4-8-15-6-2-1-3-7-15/h9-12,14-15H,1-8,13H2. The minimum atomic E-state index is 0.699. The molecule has 0 N–H and O–H groups in total. The highest BCUT2D eigenvalue weighted by atomic mass is 16.5. The number of ether oxygens (including phenoxy) is 1. The summed E-state index contributed by atoms with van der Waals surface area (Å²) in [6.45, 7) is 0.785. The summed E-state index contributed by atoms with van der Waals surface area (Å²) >= 11 is 0. The number of carbonyl (C=O) groups is 1. The zero-order chi connectivity index (χ0) is 13.3. The molecule has 1 saturated carbocycles. The first-order valence-corrected chi connectivity index (χ1v) is 7.56. The summed E-state index contributed by atoms with van der Waals surface area (Å²) in [5, 5.41) is 0. The van der Waals surface area contributed by atoms with Crippen molar-refractivity contribution in [3.63, 3.8) is 0 Å². The van der Waals surface area contributed by atoms with Crippen LogP contribution in [0.4, 0.5) is 0 Å². The van der Waals surface area contributed by atoms with Crippen LogP contribution in [-0.2, 0) is 0 Å². The van der Waals surface area contributed by atoms with E-state index in [1.807, 2.05) is 12.1 Å². The van der Waals surface area contributed by atoms with Gasteiger partial charge in [-0.05, 0) is 43.0 Å². The molecule has 0 saturated heterocycles. The molecule has 0 atom stereocenters. The third-order valence-corrected chi connectivity index (χ3v) is 4.02. The Morgan fingerprint density at radius 3 is 2.47 bits per heavy atom. The largest absolute Gasteiger partial charge is 0.494 e. The fourth-order valence-electron chi connectivity index (χ4n) is 2.84. The van der Waals surface area contributed by atoms with Crippen molar-refractivity contribution in [3.8, 4) is 5.75 Å². The van der Waals surface area contributed by atoms with Crippen LogP contribution in [0.2, 0.25) is 0 Å². The van der Waals surface area contributed by atoms with Gasteiger partial charge in [-0.1, -0.05) is 38.5 Å². The SMILES string of the molecule is O=Cc1ccc(OCCCCC2CCCCC2)cc1. The Balaban J connectivity index is 1.56. The average Bonchev–Trinajstić information content (AvgIpc) is 2.49. The van der Waals surface area contributed by atoms with Crippen molar-refractivity contribution < 1.29 is 9.53 Å². The van der Waals surface area contributed by atoms with E-state index in [0.717, 1.165) is 31.0 Å². The summed E-state index contributed by atoms with van der Waals surface area (Å²) in [6.07, 6.45) is 11.8. The first kappa shape index (κ1) is 14.1. The van der Waals surface area contributed by atoms with E-state index in [1.54, 1.807) is 12.1 Å². The predicted octanol–water partition coefficient (Wildman–Crippen LogP) is 4.63. The number of hydrogen-bond acceptors (Lipinski definition) is 2. The van der Waals surface area contributed by atoms with Gasteiger partial charge in [-0.2, -0.15) is 0 Å². The van der Waals surface area contributed by atoms with Crippen molar-refractivity contribution >= 4 is 6.29 Å². The first-order valence-electron chi connectivity index (χ1n) is 7.56. The van der Waals surface area contributed by atoms with E-state index < -0.39 is 0 Å². The molecule has 19 heavy (non-hydrogen) atoms. The van der Waals surface area contributed by atoms with Crippen molar-refractivity contribution in [2.24, 2.45) is 5.92 Å². The summed E-state index contributed by atoms with van der Waals surface area (Å²) in [7, 11) is 0. The molecule has 0 bridgehead atoms. The van der Waals surface area contributed by atoms with Gasteiger partial charge in [0.25, 0.3) is 0 Å². The zero-order valence-electron chi connectivity index (χ0n) is 11.6. The molecule has 2 heteroatoms. The monoisotopic (exact) mass is 260 g/mol. The molecule has 0 aromatic heterocycles. The summed E-state index contributed by atoms with van der Waals surface area (Å²) in [4.78, 5) is 10.5. The number of rotatable bonds is 7. The van der Waals surface area contributed by atoms with Crippen molar-refractivity contribution in [1.82, 2.24) is 0 Å². The van der Waals surface area contributed by atoms with Gasteiger partial charge in [-0.15, -0.1) is 0 Å². The second kappa shape index (κ2) is 7.98. The maximum absolute atomic E-state index is 10.5. The Morgan fingerprint density at radius 2 is 1.79 bits per heavy atom. The van der Waals surface area contributed by atoms with Crippen molar-refractivity contribution in [2.75, 3.05) is 6.61 Å². The molecule has 0 aliphatic heterocycles. The van der Waals surface area contributed by atoms with E-state index in [0.29, 0.717) is 5.56 Å². The fourth-order valence-corrected chi connectivity index (χ4v) is 2.84. The molecule has 2 nitrogen and oxygen atoms in total. The highest BCUT2D eigenvalue weighted by Gasteiger charge is 2.12. The molecule has 1 aromatic rings. The van der Waals surface area contributed by atoms with E-state index in [-0.39, 0.29) is 0 Å². The van der Waals surface area contributed by atoms with E-state index in [2.05, 4.69) is 0 Å². The van der Waals surface area contributed by atoms with Crippen molar-refractivity contribution in [2.45, 2.75) is 51.4 Å². The highest BCUT2D eigenvalue weighted by molar-refractivity contribution is 5.74. The van der Waals surface area contributed by atoms with Crippen LogP contribution in [-0.4, -0.2) is 12.9 Å². The van der Waals surface area contributed by atoms with Gasteiger partial charge in [0.15, 0.2) is 0 Å². The summed E-state index contributed by atoms with van der Waals surface area (Å²) in [5.74, 6) is 1.84. The Kier molecular flexibility index (Phi) is 5.93. The summed E-state index contributed by atoms with van der Waals surface area (Å²) in [5.41, 5.74) is 0.699. The van der Waals surface area contributed by atoms with Gasteiger partial charge in [-0.3, -0.25) is 4.79 Å². The lowest BCUT2D eigenvalue weighted by Gasteiger charge is -2.21. The Hall–Kier alpha value is -1.31. The third-order valence-electron chi connectivity index (χ3n) is 4.02. The fraction of sp³-hybridized carbons (Fsp3) is 0.588. The smallest absolute Gasteiger partial charge is 0.150 e. The van der Waals surface area contributed by atoms with Crippen LogP contribution in [0.15, 0.2) is 24.3 Å². The Morgan fingerprint density at radius 1 is 1.05 bits per heavy atom. The zero-order valence-corrected chi connectivity index (χ0v) is 11.6. The van der Waals surface area contributed by atoms with Gasteiger partial charge >= 0.3 is 0 Å². The van der Waals surface area contributed by atoms with Crippen LogP contribution in [0.25, 0.3) is 0 Å². The van der Waals surface area contributed by atoms with E-state index in [9.17, 15) is 4.79 Å². The van der Waals surface area contributed by atoms with Crippen LogP contribution in [0.1, 0.15) is 61.7 Å². The molecule has 0 amide bonds. The summed E-state index contributed by atoms with van der Waals surface area (Å²) < 4.78 is 5.68. The number of hydrogen-bond donors (Lipinski definition) is 0. The average molecular weight is 260 g/mol. The predicted molar refractivity (Wildman–Crippen MR) is 77.8 cm³/mol. The lowest BCUT2D eigenvalue weighted by atomic mass is 9.86. The second-order valence-corrected chi connectivity index (χ2v) is 5.54. The quantitative estimate of drug-likeness (QED) is 0.528. The molecule has 1 aliphatic carbocycles. The maximum Gasteiger partial charge on any atom is 0.150 e. The van der Waals surface area contributed by atoms with Gasteiger partial charge in [0.2, 0.25) is 0 Å². The Labute approximate surface area is 116 Å².